The van der Waals surface area contributed by atoms with E-state index in [9.17, 15) is 4.79 Å². The molecule has 0 aromatic rings. The van der Waals surface area contributed by atoms with E-state index in [1.165, 1.54) is 12.8 Å². The predicted octanol–water partition coefficient (Wildman–Crippen LogP) is 2.12. The first-order valence-electron chi connectivity index (χ1n) is 5.97. The Balaban J connectivity index is 2.26. The van der Waals surface area contributed by atoms with Crippen molar-refractivity contribution in [1.29, 1.82) is 0 Å². The van der Waals surface area contributed by atoms with Gasteiger partial charge in [0, 0.05) is 12.6 Å². The largest absolute Gasteiger partial charge is 0.481 e. The number of hydrogen-bond donors (Lipinski definition) is 2. The Kier molecular flexibility index (Phi) is 4.58. The maximum absolute atomic E-state index is 11.0. The lowest BCUT2D eigenvalue weighted by molar-refractivity contribution is -0.142. The van der Waals surface area contributed by atoms with Crippen LogP contribution in [0, 0.1) is 17.8 Å². The van der Waals surface area contributed by atoms with Crippen LogP contribution in [-0.4, -0.2) is 23.7 Å². The molecule has 2 N–H and O–H groups in total. The second-order valence-electron chi connectivity index (χ2n) is 5.20. The molecule has 0 aromatic carbocycles. The van der Waals surface area contributed by atoms with Crippen LogP contribution in [0.2, 0.25) is 0 Å². The van der Waals surface area contributed by atoms with Gasteiger partial charge >= 0.3 is 5.97 Å². The van der Waals surface area contributed by atoms with Gasteiger partial charge in [-0.2, -0.15) is 0 Å². The van der Waals surface area contributed by atoms with Crippen LogP contribution in [-0.2, 0) is 4.79 Å². The number of nitrogens with one attached hydrogen (secondary N) is 1. The summed E-state index contributed by atoms with van der Waals surface area (Å²) >= 11 is 0. The number of hydrogen-bond acceptors (Lipinski definition) is 2. The Morgan fingerprint density at radius 3 is 2.40 bits per heavy atom. The fourth-order valence-corrected chi connectivity index (χ4v) is 1.93. The summed E-state index contributed by atoms with van der Waals surface area (Å²) in [5.41, 5.74) is 0. The third kappa shape index (κ3) is 4.65. The molecule has 1 fully saturated rings. The van der Waals surface area contributed by atoms with Crippen LogP contribution >= 0.6 is 0 Å². The Morgan fingerprint density at radius 2 is 2.00 bits per heavy atom. The molecule has 0 aliphatic heterocycles. The van der Waals surface area contributed by atoms with Crippen LogP contribution < -0.4 is 5.32 Å². The Hall–Kier alpha value is -0.570. The molecule has 1 rings (SSSR count). The van der Waals surface area contributed by atoms with Gasteiger partial charge in [0.2, 0.25) is 0 Å². The number of rotatable bonds is 7. The summed E-state index contributed by atoms with van der Waals surface area (Å²) in [6.07, 6.45) is 3.37. The minimum absolute atomic E-state index is 0.230. The summed E-state index contributed by atoms with van der Waals surface area (Å²) in [4.78, 5) is 11.0. The minimum Gasteiger partial charge on any atom is -0.481 e. The number of carboxylic acid groups (broad SMARTS) is 1. The van der Waals surface area contributed by atoms with Crippen molar-refractivity contribution in [2.24, 2.45) is 17.8 Å². The summed E-state index contributed by atoms with van der Waals surface area (Å²) in [7, 11) is 0. The fourth-order valence-electron chi connectivity index (χ4n) is 1.93. The Morgan fingerprint density at radius 1 is 1.40 bits per heavy atom. The smallest absolute Gasteiger partial charge is 0.307 e. The van der Waals surface area contributed by atoms with Crippen molar-refractivity contribution >= 4 is 5.97 Å². The van der Waals surface area contributed by atoms with E-state index in [0.717, 1.165) is 12.3 Å². The van der Waals surface area contributed by atoms with Crippen molar-refractivity contribution in [3.8, 4) is 0 Å². The van der Waals surface area contributed by atoms with Gasteiger partial charge in [0.05, 0.1) is 5.92 Å². The van der Waals surface area contributed by atoms with E-state index in [1.807, 2.05) is 0 Å². The van der Waals surface area contributed by atoms with Crippen molar-refractivity contribution < 1.29 is 9.90 Å². The van der Waals surface area contributed by atoms with Gasteiger partial charge in [-0.05, 0) is 38.0 Å². The molecule has 1 aliphatic carbocycles. The molecule has 88 valence electrons. The quantitative estimate of drug-likeness (QED) is 0.681. The highest BCUT2D eigenvalue weighted by Gasteiger charge is 2.28. The number of carboxylic acids is 1. The van der Waals surface area contributed by atoms with Crippen LogP contribution in [0.25, 0.3) is 0 Å². The van der Waals surface area contributed by atoms with E-state index >= 15 is 0 Å². The van der Waals surface area contributed by atoms with Crippen molar-refractivity contribution in [1.82, 2.24) is 5.32 Å². The molecule has 0 saturated heterocycles. The van der Waals surface area contributed by atoms with Gasteiger partial charge in [-0.15, -0.1) is 0 Å². The topological polar surface area (TPSA) is 49.3 Å². The number of aliphatic carboxylic acids is 1. The molecule has 15 heavy (non-hydrogen) atoms. The molecule has 3 nitrogen and oxygen atoms in total. The lowest BCUT2D eigenvalue weighted by Gasteiger charge is -2.18. The van der Waals surface area contributed by atoms with E-state index in [0.29, 0.717) is 18.5 Å². The van der Waals surface area contributed by atoms with E-state index < -0.39 is 5.97 Å². The van der Waals surface area contributed by atoms with E-state index in [1.54, 1.807) is 0 Å². The zero-order valence-corrected chi connectivity index (χ0v) is 9.99. The molecule has 1 saturated carbocycles. The highest BCUT2D eigenvalue weighted by molar-refractivity contribution is 5.70. The normalized spacial score (nSPS) is 20.3. The lowest BCUT2D eigenvalue weighted by Crippen LogP contribution is -2.36. The van der Waals surface area contributed by atoms with Crippen LogP contribution in [0.5, 0.6) is 0 Å². The van der Waals surface area contributed by atoms with Crippen LogP contribution in [0.4, 0.5) is 0 Å². The number of carbonyl (C=O) groups is 1. The molecule has 1 aliphatic rings. The average Bonchev–Trinajstić information content (AvgIpc) is 2.93. The standard InChI is InChI=1S/C12H23NO2/c1-8(2)6-11(12(14)15)7-13-9(3)10-4-5-10/h8-11,13H,4-7H2,1-3H3,(H,14,15). The molecule has 2 atom stereocenters. The molecular weight excluding hydrogens is 190 g/mol. The third-order valence-electron chi connectivity index (χ3n) is 3.12. The van der Waals surface area contributed by atoms with Crippen LogP contribution in [0.3, 0.4) is 0 Å². The molecular formula is C12H23NO2. The van der Waals surface area contributed by atoms with E-state index in [-0.39, 0.29) is 5.92 Å². The Bertz CT molecular complexity index is 212. The highest BCUT2D eigenvalue weighted by atomic mass is 16.4. The lowest BCUT2D eigenvalue weighted by atomic mass is 9.97. The van der Waals surface area contributed by atoms with E-state index in [4.69, 9.17) is 5.11 Å². The van der Waals surface area contributed by atoms with Crippen molar-refractivity contribution in [2.45, 2.75) is 46.1 Å². The van der Waals surface area contributed by atoms with Gasteiger partial charge in [0.1, 0.15) is 0 Å². The predicted molar refractivity (Wildman–Crippen MR) is 60.8 cm³/mol. The highest BCUT2D eigenvalue weighted by Crippen LogP contribution is 2.32. The molecule has 0 aromatic heterocycles. The first-order chi connectivity index (χ1) is 7.00. The molecule has 0 radical (unpaired) electrons. The van der Waals surface area contributed by atoms with Gasteiger partial charge in [-0.3, -0.25) is 4.79 Å². The second kappa shape index (κ2) is 5.50. The summed E-state index contributed by atoms with van der Waals surface area (Å²) < 4.78 is 0. The zero-order valence-electron chi connectivity index (χ0n) is 9.99. The van der Waals surface area contributed by atoms with Crippen LogP contribution in [0.1, 0.15) is 40.0 Å². The first-order valence-corrected chi connectivity index (χ1v) is 5.97. The molecule has 0 bridgehead atoms. The Labute approximate surface area is 92.3 Å². The molecule has 3 heteroatoms. The van der Waals surface area contributed by atoms with Crippen LogP contribution in [0.15, 0.2) is 0 Å². The average molecular weight is 213 g/mol. The zero-order chi connectivity index (χ0) is 11.4. The second-order valence-corrected chi connectivity index (χ2v) is 5.20. The maximum atomic E-state index is 11.0. The molecule has 2 unspecified atom stereocenters. The van der Waals surface area contributed by atoms with Crippen molar-refractivity contribution in [3.05, 3.63) is 0 Å². The maximum Gasteiger partial charge on any atom is 0.307 e. The summed E-state index contributed by atoms with van der Waals surface area (Å²) in [6.45, 7) is 6.91. The van der Waals surface area contributed by atoms with Gasteiger partial charge in [-0.25, -0.2) is 0 Å². The van der Waals surface area contributed by atoms with Crippen molar-refractivity contribution in [3.63, 3.8) is 0 Å². The van der Waals surface area contributed by atoms with Crippen molar-refractivity contribution in [2.75, 3.05) is 6.54 Å². The van der Waals surface area contributed by atoms with E-state index in [2.05, 4.69) is 26.1 Å². The monoisotopic (exact) mass is 213 g/mol. The van der Waals surface area contributed by atoms with Gasteiger partial charge < -0.3 is 10.4 Å². The minimum atomic E-state index is -0.667. The summed E-state index contributed by atoms with van der Waals surface area (Å²) in [5, 5.41) is 12.4. The molecule has 0 heterocycles. The first kappa shape index (κ1) is 12.5. The fraction of sp³-hybridized carbons (Fsp3) is 0.917. The summed E-state index contributed by atoms with van der Waals surface area (Å²) in [6, 6.07) is 0.485. The van der Waals surface area contributed by atoms with Gasteiger partial charge in [0.25, 0.3) is 0 Å². The third-order valence-corrected chi connectivity index (χ3v) is 3.12. The molecule has 0 amide bonds. The van der Waals surface area contributed by atoms with Gasteiger partial charge in [0.15, 0.2) is 0 Å². The SMILES string of the molecule is CC(C)CC(CNC(C)C1CC1)C(=O)O. The van der Waals surface area contributed by atoms with Gasteiger partial charge in [-0.1, -0.05) is 13.8 Å². The summed E-state index contributed by atoms with van der Waals surface area (Å²) in [5.74, 6) is 0.341. The molecule has 0 spiro atoms.